The van der Waals surface area contributed by atoms with Crippen LogP contribution in [0.2, 0.25) is 5.02 Å². The van der Waals surface area contributed by atoms with Crippen molar-refractivity contribution in [2.45, 2.75) is 31.7 Å². The summed E-state index contributed by atoms with van der Waals surface area (Å²) < 4.78 is 5.21. The van der Waals surface area contributed by atoms with Crippen molar-refractivity contribution in [2.24, 2.45) is 5.92 Å². The highest BCUT2D eigenvalue weighted by Gasteiger charge is 2.43. The van der Waals surface area contributed by atoms with Gasteiger partial charge in [0.05, 0.1) is 19.6 Å². The maximum absolute atomic E-state index is 12.2. The molecular formula is C15H17ClN2O2. The lowest BCUT2D eigenvalue weighted by molar-refractivity contribution is -0.121. The van der Waals surface area contributed by atoms with Crippen LogP contribution < -0.4 is 10.1 Å². The second-order valence-electron chi connectivity index (χ2n) is 5.23. The van der Waals surface area contributed by atoms with Gasteiger partial charge in [0, 0.05) is 10.6 Å². The number of benzene rings is 1. The molecule has 0 aromatic heterocycles. The zero-order chi connectivity index (χ0) is 14.8. The minimum atomic E-state index is -0.786. The number of amides is 1. The fourth-order valence-electron chi connectivity index (χ4n) is 2.28. The molecule has 1 atom stereocenters. The lowest BCUT2D eigenvalue weighted by atomic mass is 9.97. The van der Waals surface area contributed by atoms with Gasteiger partial charge in [-0.15, -0.1) is 0 Å². The number of ether oxygens (including phenoxy) is 1. The first-order valence-electron chi connectivity index (χ1n) is 6.54. The average molecular weight is 293 g/mol. The van der Waals surface area contributed by atoms with Crippen LogP contribution in [-0.4, -0.2) is 18.6 Å². The molecule has 0 bridgehead atoms. The van der Waals surface area contributed by atoms with Crippen LogP contribution in [-0.2, 0) is 11.2 Å². The Morgan fingerprint density at radius 3 is 2.85 bits per heavy atom. The molecule has 1 aliphatic carbocycles. The number of nitrogens with one attached hydrogen (secondary N) is 1. The average Bonchev–Trinajstić information content (AvgIpc) is 3.25. The van der Waals surface area contributed by atoms with Crippen molar-refractivity contribution in [3.8, 4) is 11.8 Å². The molecular weight excluding hydrogens is 276 g/mol. The Balaban J connectivity index is 2.11. The van der Waals surface area contributed by atoms with Crippen molar-refractivity contribution in [2.75, 3.05) is 7.11 Å². The van der Waals surface area contributed by atoms with Crippen LogP contribution in [0.25, 0.3) is 0 Å². The Bertz CT molecular complexity index is 563. The van der Waals surface area contributed by atoms with E-state index in [2.05, 4.69) is 11.4 Å². The summed E-state index contributed by atoms with van der Waals surface area (Å²) in [5.41, 5.74) is -0.142. The fraction of sp³-hybridized carbons (Fsp3) is 0.467. The Hall–Kier alpha value is -1.73. The molecule has 106 valence electrons. The molecule has 1 aliphatic rings. The first-order valence-corrected chi connectivity index (χ1v) is 6.91. The van der Waals surface area contributed by atoms with Crippen molar-refractivity contribution in [3.05, 3.63) is 28.8 Å². The second kappa shape index (κ2) is 5.72. The molecule has 1 N–H and O–H groups in total. The molecule has 0 heterocycles. The SMILES string of the molecule is COc1cccc(Cl)c1CC(=O)NC(C)(C#N)C1CC1. The first-order chi connectivity index (χ1) is 9.50. The van der Waals surface area contributed by atoms with E-state index in [9.17, 15) is 10.1 Å². The third-order valence-corrected chi connectivity index (χ3v) is 4.01. The molecule has 0 spiro atoms. The monoisotopic (exact) mass is 292 g/mol. The smallest absolute Gasteiger partial charge is 0.225 e. The van der Waals surface area contributed by atoms with Gasteiger partial charge in [-0.2, -0.15) is 5.26 Å². The van der Waals surface area contributed by atoms with E-state index in [1.807, 2.05) is 0 Å². The van der Waals surface area contributed by atoms with Crippen molar-refractivity contribution in [3.63, 3.8) is 0 Å². The standard InChI is InChI=1S/C15H17ClN2O2/c1-15(9-17,10-6-7-10)18-14(19)8-11-12(16)4-3-5-13(11)20-2/h3-5,10H,6-8H2,1-2H3,(H,18,19). The van der Waals surface area contributed by atoms with Gasteiger partial charge in [-0.1, -0.05) is 17.7 Å². The van der Waals surface area contributed by atoms with Crippen molar-refractivity contribution < 1.29 is 9.53 Å². The van der Waals surface area contributed by atoms with Gasteiger partial charge < -0.3 is 10.1 Å². The minimum Gasteiger partial charge on any atom is -0.496 e. The quantitative estimate of drug-likeness (QED) is 0.907. The number of carbonyl (C=O) groups excluding carboxylic acids is 1. The summed E-state index contributed by atoms with van der Waals surface area (Å²) in [6, 6.07) is 7.46. The molecule has 0 saturated heterocycles. The number of nitriles is 1. The predicted octanol–water partition coefficient (Wildman–Crippen LogP) is 2.70. The molecule has 0 radical (unpaired) electrons. The highest BCUT2D eigenvalue weighted by Crippen LogP contribution is 2.39. The number of nitrogens with zero attached hydrogens (tertiary/aromatic N) is 1. The number of rotatable bonds is 5. The number of carbonyl (C=O) groups is 1. The van der Waals surface area contributed by atoms with Crippen LogP contribution in [0.3, 0.4) is 0 Å². The highest BCUT2D eigenvalue weighted by molar-refractivity contribution is 6.31. The van der Waals surface area contributed by atoms with E-state index in [0.29, 0.717) is 16.3 Å². The Morgan fingerprint density at radius 2 is 2.30 bits per heavy atom. The summed E-state index contributed by atoms with van der Waals surface area (Å²) in [5.74, 6) is 0.620. The highest BCUT2D eigenvalue weighted by atomic mass is 35.5. The van der Waals surface area contributed by atoms with Gasteiger partial charge >= 0.3 is 0 Å². The number of methoxy groups -OCH3 is 1. The first kappa shape index (κ1) is 14.7. The van der Waals surface area contributed by atoms with E-state index < -0.39 is 5.54 Å². The van der Waals surface area contributed by atoms with E-state index in [-0.39, 0.29) is 18.2 Å². The molecule has 1 amide bonds. The molecule has 1 fully saturated rings. The van der Waals surface area contributed by atoms with E-state index in [4.69, 9.17) is 16.3 Å². The molecule has 20 heavy (non-hydrogen) atoms. The van der Waals surface area contributed by atoms with Crippen LogP contribution in [0, 0.1) is 17.2 Å². The van der Waals surface area contributed by atoms with E-state index in [1.165, 1.54) is 7.11 Å². The minimum absolute atomic E-state index is 0.104. The third-order valence-electron chi connectivity index (χ3n) is 3.66. The van der Waals surface area contributed by atoms with E-state index in [1.54, 1.807) is 25.1 Å². The molecule has 4 nitrogen and oxygen atoms in total. The zero-order valence-corrected chi connectivity index (χ0v) is 12.3. The van der Waals surface area contributed by atoms with E-state index in [0.717, 1.165) is 12.8 Å². The summed E-state index contributed by atoms with van der Waals surface area (Å²) in [6.07, 6.45) is 2.08. The topological polar surface area (TPSA) is 62.1 Å². The molecule has 1 saturated carbocycles. The second-order valence-corrected chi connectivity index (χ2v) is 5.64. The number of halogens is 1. The van der Waals surface area contributed by atoms with Crippen LogP contribution in [0.15, 0.2) is 18.2 Å². The van der Waals surface area contributed by atoms with Gasteiger partial charge in [0.25, 0.3) is 0 Å². The van der Waals surface area contributed by atoms with Gasteiger partial charge in [-0.3, -0.25) is 4.79 Å². The van der Waals surface area contributed by atoms with Gasteiger partial charge in [0.2, 0.25) is 5.91 Å². The van der Waals surface area contributed by atoms with Crippen molar-refractivity contribution >= 4 is 17.5 Å². The van der Waals surface area contributed by atoms with Crippen LogP contribution in [0.4, 0.5) is 0 Å². The lowest BCUT2D eigenvalue weighted by Crippen LogP contribution is -2.47. The summed E-state index contributed by atoms with van der Waals surface area (Å²) in [7, 11) is 1.54. The molecule has 1 aromatic rings. The summed E-state index contributed by atoms with van der Waals surface area (Å²) >= 11 is 6.11. The van der Waals surface area contributed by atoms with Gasteiger partial charge in [0.15, 0.2) is 0 Å². The molecule has 0 aliphatic heterocycles. The third kappa shape index (κ3) is 3.05. The van der Waals surface area contributed by atoms with Crippen LogP contribution >= 0.6 is 11.6 Å². The van der Waals surface area contributed by atoms with Gasteiger partial charge in [0.1, 0.15) is 11.3 Å². The van der Waals surface area contributed by atoms with Crippen molar-refractivity contribution in [1.29, 1.82) is 5.26 Å². The summed E-state index contributed by atoms with van der Waals surface area (Å²) in [4.78, 5) is 12.2. The summed E-state index contributed by atoms with van der Waals surface area (Å²) in [5, 5.41) is 12.6. The van der Waals surface area contributed by atoms with Gasteiger partial charge in [-0.05, 0) is 37.8 Å². The normalized spacial score (nSPS) is 16.9. The molecule has 5 heteroatoms. The number of hydrogen-bond acceptors (Lipinski definition) is 3. The van der Waals surface area contributed by atoms with E-state index >= 15 is 0 Å². The van der Waals surface area contributed by atoms with Crippen LogP contribution in [0.1, 0.15) is 25.3 Å². The maximum atomic E-state index is 12.2. The molecule has 1 aromatic carbocycles. The molecule has 1 unspecified atom stereocenters. The predicted molar refractivity (Wildman–Crippen MR) is 76.6 cm³/mol. The number of hydrogen-bond donors (Lipinski definition) is 1. The molecule has 2 rings (SSSR count). The van der Waals surface area contributed by atoms with Crippen LogP contribution in [0.5, 0.6) is 5.75 Å². The van der Waals surface area contributed by atoms with Gasteiger partial charge in [-0.25, -0.2) is 0 Å². The Labute approximate surface area is 123 Å². The fourth-order valence-corrected chi connectivity index (χ4v) is 2.51. The summed E-state index contributed by atoms with van der Waals surface area (Å²) in [6.45, 7) is 1.77. The Kier molecular flexibility index (Phi) is 4.20. The largest absolute Gasteiger partial charge is 0.496 e. The maximum Gasteiger partial charge on any atom is 0.225 e. The van der Waals surface area contributed by atoms with Crippen molar-refractivity contribution in [1.82, 2.24) is 5.32 Å². The Morgan fingerprint density at radius 1 is 1.60 bits per heavy atom. The lowest BCUT2D eigenvalue weighted by Gasteiger charge is -2.23. The zero-order valence-electron chi connectivity index (χ0n) is 11.6.